The van der Waals surface area contributed by atoms with Gasteiger partial charge in [0.1, 0.15) is 10.9 Å². The first-order valence-electron chi connectivity index (χ1n) is 11.0. The number of benzene rings is 1. The SMILES string of the molecule is CC(C)CN1C(=O)/C(=C/c2cn(CC(=O)N3CCCC[C@@H]3C)c3ccccc23)SC1=S. The quantitative estimate of drug-likeness (QED) is 0.475. The van der Waals surface area contributed by atoms with E-state index in [1.165, 1.54) is 18.2 Å². The predicted molar refractivity (Wildman–Crippen MR) is 132 cm³/mol. The summed E-state index contributed by atoms with van der Waals surface area (Å²) in [5.41, 5.74) is 1.95. The van der Waals surface area contributed by atoms with Gasteiger partial charge in [-0.15, -0.1) is 0 Å². The molecule has 0 unspecified atom stereocenters. The van der Waals surface area contributed by atoms with Crippen molar-refractivity contribution in [2.45, 2.75) is 52.6 Å². The molecule has 1 atom stereocenters. The van der Waals surface area contributed by atoms with Crippen LogP contribution in [-0.2, 0) is 16.1 Å². The largest absolute Gasteiger partial charge is 0.338 e. The van der Waals surface area contributed by atoms with E-state index in [0.29, 0.717) is 34.3 Å². The molecule has 5 nitrogen and oxygen atoms in total. The van der Waals surface area contributed by atoms with Gasteiger partial charge in [-0.1, -0.05) is 56.0 Å². The van der Waals surface area contributed by atoms with Crippen molar-refractivity contribution in [2.24, 2.45) is 5.92 Å². The van der Waals surface area contributed by atoms with Gasteiger partial charge in [-0.3, -0.25) is 14.5 Å². The number of likely N-dealkylation sites (tertiary alicyclic amines) is 1. The van der Waals surface area contributed by atoms with Crippen molar-refractivity contribution < 1.29 is 9.59 Å². The van der Waals surface area contributed by atoms with Crippen LogP contribution in [-0.4, -0.2) is 49.6 Å². The van der Waals surface area contributed by atoms with Crippen molar-refractivity contribution in [1.82, 2.24) is 14.4 Å². The Morgan fingerprint density at radius 3 is 2.81 bits per heavy atom. The average molecular weight is 456 g/mol. The first kappa shape index (κ1) is 22.1. The smallest absolute Gasteiger partial charge is 0.266 e. The average Bonchev–Trinajstić information content (AvgIpc) is 3.20. The lowest BCUT2D eigenvalue weighted by Crippen LogP contribution is -2.43. The van der Waals surface area contributed by atoms with Crippen LogP contribution >= 0.6 is 24.0 Å². The van der Waals surface area contributed by atoms with Gasteiger partial charge < -0.3 is 9.47 Å². The molecule has 2 fully saturated rings. The number of amides is 2. The molecule has 0 N–H and O–H groups in total. The number of thioether (sulfide) groups is 1. The number of rotatable bonds is 5. The molecular weight excluding hydrogens is 426 g/mol. The molecule has 1 aromatic carbocycles. The number of piperidine rings is 1. The van der Waals surface area contributed by atoms with E-state index in [1.54, 1.807) is 4.90 Å². The molecule has 2 amide bonds. The van der Waals surface area contributed by atoms with E-state index in [1.807, 2.05) is 46.0 Å². The fraction of sp³-hybridized carbons (Fsp3) is 0.458. The second kappa shape index (κ2) is 9.17. The second-order valence-electron chi connectivity index (χ2n) is 8.85. The summed E-state index contributed by atoms with van der Waals surface area (Å²) in [7, 11) is 0. The van der Waals surface area contributed by atoms with Gasteiger partial charge in [0.2, 0.25) is 5.91 Å². The Balaban J connectivity index is 1.63. The van der Waals surface area contributed by atoms with Crippen LogP contribution < -0.4 is 0 Å². The maximum absolute atomic E-state index is 13.0. The number of carbonyl (C=O) groups excluding carboxylic acids is 2. The van der Waals surface area contributed by atoms with Crippen molar-refractivity contribution in [1.29, 1.82) is 0 Å². The Morgan fingerprint density at radius 1 is 1.29 bits per heavy atom. The molecule has 0 saturated carbocycles. The summed E-state index contributed by atoms with van der Waals surface area (Å²) in [6.45, 7) is 8.07. The first-order valence-corrected chi connectivity index (χ1v) is 12.2. The molecule has 2 aliphatic rings. The monoisotopic (exact) mass is 455 g/mol. The number of carbonyl (C=O) groups is 2. The first-order chi connectivity index (χ1) is 14.8. The summed E-state index contributed by atoms with van der Waals surface area (Å²) in [5.74, 6) is 0.480. The van der Waals surface area contributed by atoms with Crippen molar-refractivity contribution in [3.8, 4) is 0 Å². The van der Waals surface area contributed by atoms with Gasteiger partial charge in [0.25, 0.3) is 5.91 Å². The van der Waals surface area contributed by atoms with Crippen LogP contribution in [0.2, 0.25) is 0 Å². The van der Waals surface area contributed by atoms with E-state index in [9.17, 15) is 9.59 Å². The number of fused-ring (bicyclic) bond motifs is 1. The number of thiocarbonyl (C=S) groups is 1. The molecule has 0 bridgehead atoms. The molecule has 2 saturated heterocycles. The zero-order chi connectivity index (χ0) is 22.1. The van der Waals surface area contributed by atoms with Crippen LogP contribution in [0.15, 0.2) is 35.4 Å². The zero-order valence-electron chi connectivity index (χ0n) is 18.3. The van der Waals surface area contributed by atoms with Crippen LogP contribution in [0.25, 0.3) is 17.0 Å². The summed E-state index contributed by atoms with van der Waals surface area (Å²) >= 11 is 6.80. The van der Waals surface area contributed by atoms with Gasteiger partial charge in [0.15, 0.2) is 0 Å². The number of nitrogens with zero attached hydrogens (tertiary/aromatic N) is 3. The number of para-hydroxylation sites is 1. The van der Waals surface area contributed by atoms with Crippen molar-refractivity contribution in [3.63, 3.8) is 0 Å². The van der Waals surface area contributed by atoms with E-state index in [4.69, 9.17) is 12.2 Å². The molecule has 0 aliphatic carbocycles. The normalized spacial score (nSPS) is 21.2. The Morgan fingerprint density at radius 2 is 2.06 bits per heavy atom. The van der Waals surface area contributed by atoms with Crippen LogP contribution in [0, 0.1) is 5.92 Å². The van der Waals surface area contributed by atoms with Gasteiger partial charge in [0.05, 0.1) is 4.91 Å². The van der Waals surface area contributed by atoms with E-state index < -0.39 is 0 Å². The maximum Gasteiger partial charge on any atom is 0.266 e. The van der Waals surface area contributed by atoms with Gasteiger partial charge in [0, 0.05) is 41.8 Å². The predicted octanol–water partition coefficient (Wildman–Crippen LogP) is 4.90. The van der Waals surface area contributed by atoms with Crippen LogP contribution in [0.1, 0.15) is 45.6 Å². The van der Waals surface area contributed by atoms with Gasteiger partial charge in [-0.2, -0.15) is 0 Å². The Hall–Kier alpha value is -2.12. The molecular formula is C24H29N3O2S2. The lowest BCUT2D eigenvalue weighted by molar-refractivity contribution is -0.135. The van der Waals surface area contributed by atoms with Crippen LogP contribution in [0.5, 0.6) is 0 Å². The summed E-state index contributed by atoms with van der Waals surface area (Å²) < 4.78 is 2.63. The zero-order valence-corrected chi connectivity index (χ0v) is 20.0. The van der Waals surface area contributed by atoms with Gasteiger partial charge >= 0.3 is 0 Å². The van der Waals surface area contributed by atoms with Crippen molar-refractivity contribution >= 4 is 57.1 Å². The molecule has 164 valence electrons. The topological polar surface area (TPSA) is 45.6 Å². The highest BCUT2D eigenvalue weighted by molar-refractivity contribution is 8.26. The summed E-state index contributed by atoms with van der Waals surface area (Å²) in [4.78, 5) is 30.3. The molecule has 0 radical (unpaired) electrons. The second-order valence-corrected chi connectivity index (χ2v) is 10.5. The molecule has 7 heteroatoms. The van der Waals surface area contributed by atoms with Gasteiger partial charge in [-0.25, -0.2) is 0 Å². The van der Waals surface area contributed by atoms with Gasteiger partial charge in [-0.05, 0) is 44.2 Å². The third kappa shape index (κ3) is 4.58. The minimum Gasteiger partial charge on any atom is -0.338 e. The molecule has 2 aromatic rings. The maximum atomic E-state index is 13.0. The highest BCUT2D eigenvalue weighted by Crippen LogP contribution is 2.35. The Bertz CT molecular complexity index is 1060. The van der Waals surface area contributed by atoms with E-state index >= 15 is 0 Å². The fourth-order valence-corrected chi connectivity index (χ4v) is 5.66. The molecule has 0 spiro atoms. The lowest BCUT2D eigenvalue weighted by atomic mass is 10.0. The summed E-state index contributed by atoms with van der Waals surface area (Å²) in [5, 5.41) is 1.04. The minimum absolute atomic E-state index is 0.0289. The van der Waals surface area contributed by atoms with E-state index in [2.05, 4.69) is 20.8 Å². The summed E-state index contributed by atoms with van der Waals surface area (Å²) in [6, 6.07) is 8.34. The van der Waals surface area contributed by atoms with Crippen molar-refractivity contribution in [3.05, 3.63) is 40.9 Å². The highest BCUT2D eigenvalue weighted by atomic mass is 32.2. The standard InChI is InChI=1S/C24H29N3O2S2/c1-16(2)13-27-23(29)21(31-24(27)30)12-18-14-25(20-10-5-4-9-19(18)20)15-22(28)26-11-7-6-8-17(26)3/h4-5,9-10,12,14,16-17H,6-8,11,13,15H2,1-3H3/b21-12-/t17-/m0/s1. The number of aromatic nitrogens is 1. The lowest BCUT2D eigenvalue weighted by Gasteiger charge is -2.33. The molecule has 31 heavy (non-hydrogen) atoms. The van der Waals surface area contributed by atoms with Crippen LogP contribution in [0.4, 0.5) is 0 Å². The minimum atomic E-state index is -0.0289. The number of hydrogen-bond acceptors (Lipinski definition) is 4. The third-order valence-electron chi connectivity index (χ3n) is 5.96. The van der Waals surface area contributed by atoms with Crippen LogP contribution in [0.3, 0.4) is 0 Å². The molecule has 2 aliphatic heterocycles. The highest BCUT2D eigenvalue weighted by Gasteiger charge is 2.32. The molecule has 3 heterocycles. The van der Waals surface area contributed by atoms with Crippen molar-refractivity contribution in [2.75, 3.05) is 13.1 Å². The summed E-state index contributed by atoms with van der Waals surface area (Å²) in [6.07, 6.45) is 7.25. The van der Waals surface area contributed by atoms with E-state index in [0.717, 1.165) is 35.9 Å². The van der Waals surface area contributed by atoms with E-state index in [-0.39, 0.29) is 11.8 Å². The molecule has 4 rings (SSSR count). The Kier molecular flexibility index (Phi) is 6.53. The molecule has 1 aromatic heterocycles. The Labute approximate surface area is 193 Å². The third-order valence-corrected chi connectivity index (χ3v) is 7.33. The number of hydrogen-bond donors (Lipinski definition) is 0. The fourth-order valence-electron chi connectivity index (χ4n) is 4.39.